The van der Waals surface area contributed by atoms with Crippen LogP contribution in [0, 0.1) is 0 Å². The van der Waals surface area contributed by atoms with Crippen molar-refractivity contribution in [2.24, 2.45) is 20.5 Å². The molecule has 0 spiro atoms. The lowest BCUT2D eigenvalue weighted by Crippen LogP contribution is -2.07. The molecular weight excluding hydrogens is 446 g/mol. The highest BCUT2D eigenvalue weighted by Crippen LogP contribution is 2.30. The van der Waals surface area contributed by atoms with Crippen LogP contribution in [0.25, 0.3) is 0 Å². The van der Waals surface area contributed by atoms with Crippen molar-refractivity contribution in [2.75, 3.05) is 25.6 Å². The van der Waals surface area contributed by atoms with E-state index in [0.717, 1.165) is 29.2 Å². The Balaban J connectivity index is 1.52. The predicted molar refractivity (Wildman–Crippen MR) is 141 cm³/mol. The molecule has 0 amide bonds. The Kier molecular flexibility index (Phi) is 10.0. The first kappa shape index (κ1) is 25.4. The average Bonchev–Trinajstić information content (AvgIpc) is 2.85. The van der Waals surface area contributed by atoms with Gasteiger partial charge in [-0.2, -0.15) is 20.5 Å². The molecule has 0 saturated heterocycles. The highest BCUT2D eigenvalue weighted by molar-refractivity contribution is 6.32. The van der Waals surface area contributed by atoms with Gasteiger partial charge in [-0.1, -0.05) is 44.2 Å². The molecule has 0 fully saturated rings. The highest BCUT2D eigenvalue weighted by Gasteiger charge is 2.03. The van der Waals surface area contributed by atoms with Crippen LogP contribution in [0.4, 0.5) is 28.4 Å². The molecule has 0 unspecified atom stereocenters. The number of halogens is 1. The van der Waals surface area contributed by atoms with Gasteiger partial charge in [-0.15, -0.1) is 0 Å². The van der Waals surface area contributed by atoms with Crippen LogP contribution in [0.3, 0.4) is 0 Å². The Labute approximate surface area is 207 Å². The van der Waals surface area contributed by atoms with Crippen molar-refractivity contribution in [3.05, 3.63) is 71.8 Å². The summed E-state index contributed by atoms with van der Waals surface area (Å²) in [5.74, 6) is 0.683. The van der Waals surface area contributed by atoms with E-state index in [-0.39, 0.29) is 0 Å². The quantitative estimate of drug-likeness (QED) is 0.192. The molecule has 0 radical (unpaired) electrons. The summed E-state index contributed by atoms with van der Waals surface area (Å²) in [6, 6.07) is 20.8. The summed E-state index contributed by atoms with van der Waals surface area (Å²) in [6.07, 6.45) is 5.99. The van der Waals surface area contributed by atoms with Crippen LogP contribution >= 0.6 is 11.6 Å². The Bertz CT molecular complexity index is 1080. The van der Waals surface area contributed by atoms with Gasteiger partial charge in [0.15, 0.2) is 0 Å². The van der Waals surface area contributed by atoms with Crippen molar-refractivity contribution in [2.45, 2.75) is 39.0 Å². The maximum atomic E-state index is 6.35. The molecule has 3 aromatic rings. The van der Waals surface area contributed by atoms with Gasteiger partial charge in [-0.25, -0.2) is 0 Å². The molecule has 0 atom stereocenters. The van der Waals surface area contributed by atoms with E-state index >= 15 is 0 Å². The van der Waals surface area contributed by atoms with Crippen LogP contribution in [0.5, 0.6) is 5.75 Å². The SMILES string of the molecule is CCCCCCCOc1ccc(/N=N/c2ccc(N=Nc3ccc(N(C)C)cc3)cc2)cc1Cl. The summed E-state index contributed by atoms with van der Waals surface area (Å²) >= 11 is 6.35. The third-order valence-electron chi connectivity index (χ3n) is 5.20. The van der Waals surface area contributed by atoms with E-state index in [2.05, 4.69) is 27.4 Å². The van der Waals surface area contributed by atoms with Gasteiger partial charge in [-0.05, 0) is 73.2 Å². The molecule has 178 valence electrons. The first-order valence-electron chi connectivity index (χ1n) is 11.7. The first-order chi connectivity index (χ1) is 16.5. The normalized spacial score (nSPS) is 11.4. The van der Waals surface area contributed by atoms with Crippen molar-refractivity contribution in [3.63, 3.8) is 0 Å². The Hall–Kier alpha value is -3.25. The number of ether oxygens (including phenoxy) is 1. The maximum absolute atomic E-state index is 6.35. The molecule has 0 N–H and O–H groups in total. The summed E-state index contributed by atoms with van der Waals surface area (Å²) in [4.78, 5) is 2.04. The number of unbranched alkanes of at least 4 members (excludes halogenated alkanes) is 4. The Morgan fingerprint density at radius 3 is 1.71 bits per heavy atom. The number of hydrogen-bond acceptors (Lipinski definition) is 6. The van der Waals surface area contributed by atoms with Crippen molar-refractivity contribution in [1.82, 2.24) is 0 Å². The van der Waals surface area contributed by atoms with E-state index in [1.807, 2.05) is 79.7 Å². The fourth-order valence-corrected chi connectivity index (χ4v) is 3.42. The molecule has 34 heavy (non-hydrogen) atoms. The topological polar surface area (TPSA) is 61.9 Å². The molecule has 0 heterocycles. The molecule has 3 rings (SSSR count). The minimum atomic E-state index is 0.541. The van der Waals surface area contributed by atoms with Crippen LogP contribution in [-0.2, 0) is 0 Å². The lowest BCUT2D eigenvalue weighted by atomic mass is 10.2. The van der Waals surface area contributed by atoms with Gasteiger partial charge in [0, 0.05) is 19.8 Å². The van der Waals surface area contributed by atoms with Gasteiger partial charge in [0.2, 0.25) is 0 Å². The summed E-state index contributed by atoms with van der Waals surface area (Å²) in [5.41, 5.74) is 4.06. The van der Waals surface area contributed by atoms with E-state index in [4.69, 9.17) is 16.3 Å². The number of azo groups is 2. The lowest BCUT2D eigenvalue weighted by molar-refractivity contribution is 0.305. The van der Waals surface area contributed by atoms with E-state index < -0.39 is 0 Å². The zero-order valence-corrected chi connectivity index (χ0v) is 20.9. The van der Waals surface area contributed by atoms with Crippen LogP contribution in [0.2, 0.25) is 5.02 Å². The largest absolute Gasteiger partial charge is 0.492 e. The fourth-order valence-electron chi connectivity index (χ4n) is 3.19. The number of anilines is 1. The van der Waals surface area contributed by atoms with Crippen LogP contribution in [-0.4, -0.2) is 20.7 Å². The minimum Gasteiger partial charge on any atom is -0.492 e. The second kappa shape index (κ2) is 13.5. The van der Waals surface area contributed by atoms with Crippen LogP contribution in [0.1, 0.15) is 39.0 Å². The molecule has 0 aliphatic heterocycles. The summed E-state index contributed by atoms with van der Waals surface area (Å²) in [7, 11) is 4.01. The standard InChI is InChI=1S/C27H32ClN5O/c1-4-5-6-7-8-19-34-27-18-15-24(20-26(27)28)32-31-22-11-9-21(10-12-22)29-30-23-13-16-25(17-14-23)33(2)3/h9-18,20H,4-8,19H2,1-3H3/b30-29?,32-31+. The van der Waals surface area contributed by atoms with Crippen molar-refractivity contribution in [1.29, 1.82) is 0 Å². The zero-order chi connectivity index (χ0) is 24.2. The van der Waals surface area contributed by atoms with E-state index in [0.29, 0.717) is 23.1 Å². The van der Waals surface area contributed by atoms with Gasteiger partial charge in [0.25, 0.3) is 0 Å². The predicted octanol–water partition coefficient (Wildman–Crippen LogP) is 9.59. The van der Waals surface area contributed by atoms with Gasteiger partial charge in [0.05, 0.1) is 34.4 Å². The van der Waals surface area contributed by atoms with Crippen molar-refractivity contribution < 1.29 is 4.74 Å². The monoisotopic (exact) mass is 477 g/mol. The smallest absolute Gasteiger partial charge is 0.138 e. The average molecular weight is 478 g/mol. The van der Waals surface area contributed by atoms with Gasteiger partial charge in [-0.3, -0.25) is 0 Å². The zero-order valence-electron chi connectivity index (χ0n) is 20.1. The number of rotatable bonds is 12. The summed E-state index contributed by atoms with van der Waals surface area (Å²) < 4.78 is 5.79. The number of benzene rings is 3. The number of nitrogens with zero attached hydrogens (tertiary/aromatic N) is 5. The molecular formula is C27H32ClN5O. The van der Waals surface area contributed by atoms with Crippen molar-refractivity contribution in [3.8, 4) is 5.75 Å². The third kappa shape index (κ3) is 8.27. The van der Waals surface area contributed by atoms with E-state index in [9.17, 15) is 0 Å². The van der Waals surface area contributed by atoms with Crippen LogP contribution < -0.4 is 9.64 Å². The van der Waals surface area contributed by atoms with Gasteiger partial charge < -0.3 is 9.64 Å². The summed E-state index contributed by atoms with van der Waals surface area (Å²) in [5, 5.41) is 17.7. The molecule has 0 aliphatic carbocycles. The maximum Gasteiger partial charge on any atom is 0.138 e. The molecule has 3 aromatic carbocycles. The second-order valence-corrected chi connectivity index (χ2v) is 8.61. The Morgan fingerprint density at radius 2 is 1.18 bits per heavy atom. The van der Waals surface area contributed by atoms with Crippen LogP contribution in [0.15, 0.2) is 87.2 Å². The number of hydrogen-bond donors (Lipinski definition) is 0. The van der Waals surface area contributed by atoms with Gasteiger partial charge in [0.1, 0.15) is 5.75 Å². The third-order valence-corrected chi connectivity index (χ3v) is 5.49. The summed E-state index contributed by atoms with van der Waals surface area (Å²) in [6.45, 7) is 2.89. The fraction of sp³-hybridized carbons (Fsp3) is 0.333. The first-order valence-corrected chi connectivity index (χ1v) is 12.1. The van der Waals surface area contributed by atoms with Gasteiger partial charge >= 0.3 is 0 Å². The molecule has 7 heteroatoms. The molecule has 6 nitrogen and oxygen atoms in total. The second-order valence-electron chi connectivity index (χ2n) is 8.20. The molecule has 0 bridgehead atoms. The highest BCUT2D eigenvalue weighted by atomic mass is 35.5. The minimum absolute atomic E-state index is 0.541. The van der Waals surface area contributed by atoms with E-state index in [1.54, 1.807) is 6.07 Å². The van der Waals surface area contributed by atoms with Crippen molar-refractivity contribution >= 4 is 40.0 Å². The molecule has 0 saturated carbocycles. The molecule has 0 aromatic heterocycles. The lowest BCUT2D eigenvalue weighted by Gasteiger charge is -2.11. The van der Waals surface area contributed by atoms with E-state index in [1.165, 1.54) is 25.7 Å². The molecule has 0 aliphatic rings. The Morgan fingerprint density at radius 1 is 0.676 bits per heavy atom.